The van der Waals surface area contributed by atoms with E-state index in [2.05, 4.69) is 0 Å². The number of fused-ring (bicyclic) bond motifs is 1. The molecule has 0 unspecified atom stereocenters. The highest BCUT2D eigenvalue weighted by atomic mass is 32.1. The molecule has 8 nitrogen and oxygen atoms in total. The first kappa shape index (κ1) is 24.0. The Kier molecular flexibility index (Phi) is 8.11. The van der Waals surface area contributed by atoms with Gasteiger partial charge < -0.3 is 29.2 Å². The Morgan fingerprint density at radius 3 is 2.66 bits per heavy atom. The van der Waals surface area contributed by atoms with Crippen molar-refractivity contribution in [3.05, 3.63) is 47.0 Å². The molecule has 0 radical (unpaired) electrons. The van der Waals surface area contributed by atoms with E-state index in [1.54, 1.807) is 11.3 Å². The molecule has 1 aromatic heterocycles. The summed E-state index contributed by atoms with van der Waals surface area (Å²) in [5.41, 5.74) is -1.27. The first-order valence-electron chi connectivity index (χ1n) is 10.6. The van der Waals surface area contributed by atoms with Crippen molar-refractivity contribution in [2.45, 2.75) is 57.5 Å². The van der Waals surface area contributed by atoms with Crippen LogP contribution in [0.5, 0.6) is 0 Å². The van der Waals surface area contributed by atoms with Gasteiger partial charge in [-0.2, -0.15) is 0 Å². The summed E-state index contributed by atoms with van der Waals surface area (Å²) in [6.45, 7) is 4.03. The predicted molar refractivity (Wildman–Crippen MR) is 118 cm³/mol. The van der Waals surface area contributed by atoms with Gasteiger partial charge in [-0.05, 0) is 47.4 Å². The third kappa shape index (κ3) is 5.79. The Balaban J connectivity index is 1.82. The molecule has 0 bridgehead atoms. The third-order valence-corrected chi connectivity index (χ3v) is 5.79. The zero-order valence-electron chi connectivity index (χ0n) is 18.1. The van der Waals surface area contributed by atoms with Gasteiger partial charge in [0.2, 0.25) is 0 Å². The molecule has 0 saturated heterocycles. The van der Waals surface area contributed by atoms with Gasteiger partial charge in [0.05, 0.1) is 13.2 Å². The van der Waals surface area contributed by atoms with E-state index in [4.69, 9.17) is 18.9 Å². The molecule has 1 aliphatic rings. The van der Waals surface area contributed by atoms with Crippen LogP contribution in [0.25, 0.3) is 10.1 Å². The van der Waals surface area contributed by atoms with Gasteiger partial charge >= 0.3 is 12.1 Å². The summed E-state index contributed by atoms with van der Waals surface area (Å²) in [6.07, 6.45) is -1.67. The summed E-state index contributed by atoms with van der Waals surface area (Å²) in [5.74, 6) is -0.940. The van der Waals surface area contributed by atoms with Crippen molar-refractivity contribution < 1.29 is 38.7 Å². The van der Waals surface area contributed by atoms with Crippen LogP contribution < -0.4 is 0 Å². The van der Waals surface area contributed by atoms with Crippen molar-refractivity contribution in [3.63, 3.8) is 0 Å². The van der Waals surface area contributed by atoms with Crippen LogP contribution in [0.1, 0.15) is 38.7 Å². The maximum atomic E-state index is 12.4. The van der Waals surface area contributed by atoms with Crippen LogP contribution in [0.3, 0.4) is 0 Å². The molecule has 1 aromatic carbocycles. The number of aliphatic hydroxyl groups is 2. The molecule has 3 atom stereocenters. The molecule has 1 heterocycles. The van der Waals surface area contributed by atoms with Crippen LogP contribution in [0.15, 0.2) is 41.5 Å². The van der Waals surface area contributed by atoms with E-state index in [1.165, 1.54) is 0 Å². The zero-order valence-corrected chi connectivity index (χ0v) is 18.9. The molecular formula is C23H28O8S. The number of thiophene rings is 1. The van der Waals surface area contributed by atoms with Crippen LogP contribution in [0.4, 0.5) is 4.79 Å². The summed E-state index contributed by atoms with van der Waals surface area (Å²) in [6, 6.07) is 7.81. The molecule has 0 saturated carbocycles. The summed E-state index contributed by atoms with van der Waals surface area (Å²) in [5, 5.41) is 24.5. The van der Waals surface area contributed by atoms with Crippen LogP contribution in [0, 0.1) is 0 Å². The highest BCUT2D eigenvalue weighted by Gasteiger charge is 2.47. The average Bonchev–Trinajstić information content (AvgIpc) is 3.24. The smallest absolute Gasteiger partial charge is 0.489 e. The molecule has 0 fully saturated rings. The summed E-state index contributed by atoms with van der Waals surface area (Å²) < 4.78 is 22.2. The summed E-state index contributed by atoms with van der Waals surface area (Å²) in [7, 11) is 0. The van der Waals surface area contributed by atoms with Crippen molar-refractivity contribution >= 4 is 33.5 Å². The van der Waals surface area contributed by atoms with Crippen LogP contribution in [-0.2, 0) is 30.3 Å². The highest BCUT2D eigenvalue weighted by molar-refractivity contribution is 7.17. The summed E-state index contributed by atoms with van der Waals surface area (Å²) >= 11 is 1.62. The number of aliphatic hydroxyl groups excluding tert-OH is 1. The van der Waals surface area contributed by atoms with Gasteiger partial charge in [-0.25, -0.2) is 9.59 Å². The second kappa shape index (κ2) is 10.8. The number of carbonyl (C=O) groups excluding carboxylic acids is 2. The van der Waals surface area contributed by atoms with Crippen molar-refractivity contribution in [2.75, 3.05) is 13.2 Å². The number of benzene rings is 1. The van der Waals surface area contributed by atoms with Gasteiger partial charge in [0.1, 0.15) is 18.5 Å². The average molecular weight is 465 g/mol. The second-order valence-electron chi connectivity index (χ2n) is 7.60. The number of esters is 1. The lowest BCUT2D eigenvalue weighted by atomic mass is 9.86. The quantitative estimate of drug-likeness (QED) is 0.541. The molecule has 0 amide bonds. The SMILES string of the molecule is CCCOC(=O)O[C@@H]1C(OCc2ccc3sccc3c2)=C[C@@](O)(C(=O)OCCC)C[C@H]1O. The molecule has 9 heteroatoms. The largest absolute Gasteiger partial charge is 0.509 e. The first-order chi connectivity index (χ1) is 15.4. The Bertz CT molecular complexity index is 968. The second-order valence-corrected chi connectivity index (χ2v) is 8.54. The van der Waals surface area contributed by atoms with Gasteiger partial charge in [0.15, 0.2) is 11.7 Å². The molecule has 0 spiro atoms. The van der Waals surface area contributed by atoms with E-state index in [-0.39, 0.29) is 25.6 Å². The van der Waals surface area contributed by atoms with Crippen molar-refractivity contribution in [2.24, 2.45) is 0 Å². The number of hydrogen-bond acceptors (Lipinski definition) is 9. The van der Waals surface area contributed by atoms with E-state index < -0.39 is 36.4 Å². The number of ether oxygens (including phenoxy) is 4. The van der Waals surface area contributed by atoms with Crippen molar-refractivity contribution in [3.8, 4) is 0 Å². The minimum Gasteiger partial charge on any atom is -0.489 e. The van der Waals surface area contributed by atoms with Gasteiger partial charge in [-0.15, -0.1) is 11.3 Å². The topological polar surface area (TPSA) is 112 Å². The Hall–Kier alpha value is -2.62. The standard InChI is InChI=1S/C23H28O8S/c1-3-8-28-21(25)23(27)12-17(24)20(31-22(26)29-9-4-2)18(13-23)30-14-15-5-6-19-16(11-15)7-10-32-19/h5-7,10-11,13,17,20,24,27H,3-4,8-9,12,14H2,1-2H3/t17-,20+,23-/m1/s1. The van der Waals surface area contributed by atoms with E-state index >= 15 is 0 Å². The van der Waals surface area contributed by atoms with Crippen molar-refractivity contribution in [1.82, 2.24) is 0 Å². The Labute approximate surface area is 190 Å². The van der Waals surface area contributed by atoms with E-state index in [0.717, 1.165) is 21.7 Å². The number of carbonyl (C=O) groups is 2. The molecule has 32 heavy (non-hydrogen) atoms. The van der Waals surface area contributed by atoms with Crippen LogP contribution >= 0.6 is 11.3 Å². The number of rotatable bonds is 9. The van der Waals surface area contributed by atoms with Gasteiger partial charge in [-0.1, -0.05) is 19.9 Å². The van der Waals surface area contributed by atoms with Crippen LogP contribution in [0.2, 0.25) is 0 Å². The molecule has 3 rings (SSSR count). The minimum absolute atomic E-state index is 0.0430. The highest BCUT2D eigenvalue weighted by Crippen LogP contribution is 2.32. The fourth-order valence-electron chi connectivity index (χ4n) is 3.31. The molecule has 0 aliphatic heterocycles. The fraction of sp³-hybridized carbons (Fsp3) is 0.478. The minimum atomic E-state index is -2.10. The Morgan fingerprint density at radius 1 is 1.16 bits per heavy atom. The lowest BCUT2D eigenvalue weighted by Gasteiger charge is -2.35. The van der Waals surface area contributed by atoms with E-state index in [0.29, 0.717) is 12.8 Å². The third-order valence-electron chi connectivity index (χ3n) is 4.89. The monoisotopic (exact) mass is 464 g/mol. The lowest BCUT2D eigenvalue weighted by Crippen LogP contribution is -2.50. The molecule has 2 aromatic rings. The lowest BCUT2D eigenvalue weighted by molar-refractivity contribution is -0.167. The van der Waals surface area contributed by atoms with Gasteiger partial charge in [-0.3, -0.25) is 0 Å². The van der Waals surface area contributed by atoms with E-state index in [1.807, 2.05) is 43.5 Å². The molecule has 174 valence electrons. The van der Waals surface area contributed by atoms with Crippen LogP contribution in [-0.4, -0.2) is 53.4 Å². The van der Waals surface area contributed by atoms with Gasteiger partial charge in [0, 0.05) is 17.2 Å². The van der Waals surface area contributed by atoms with E-state index in [9.17, 15) is 19.8 Å². The summed E-state index contributed by atoms with van der Waals surface area (Å²) in [4.78, 5) is 24.4. The normalized spacial score (nSPS) is 22.8. The number of hydrogen-bond donors (Lipinski definition) is 2. The van der Waals surface area contributed by atoms with Gasteiger partial charge in [0.25, 0.3) is 0 Å². The van der Waals surface area contributed by atoms with Crippen molar-refractivity contribution in [1.29, 1.82) is 0 Å². The zero-order chi connectivity index (χ0) is 23.1. The predicted octanol–water partition coefficient (Wildman–Crippen LogP) is 3.68. The Morgan fingerprint density at radius 2 is 1.91 bits per heavy atom. The fourth-order valence-corrected chi connectivity index (χ4v) is 4.08. The molecule has 2 N–H and O–H groups in total. The molecular weight excluding hydrogens is 436 g/mol. The molecule has 1 aliphatic carbocycles. The first-order valence-corrected chi connectivity index (χ1v) is 11.5. The maximum Gasteiger partial charge on any atom is 0.509 e. The maximum absolute atomic E-state index is 12.4.